The van der Waals surface area contributed by atoms with Gasteiger partial charge in [-0.05, 0) is 33.8 Å². The minimum atomic E-state index is -0.0422. The van der Waals surface area contributed by atoms with Gasteiger partial charge in [-0.2, -0.15) is 5.10 Å². The second-order valence-electron chi connectivity index (χ2n) is 7.87. The van der Waals surface area contributed by atoms with Crippen LogP contribution in [0.5, 0.6) is 0 Å². The number of fused-ring (bicyclic) bond motifs is 1. The van der Waals surface area contributed by atoms with Crippen LogP contribution in [0.3, 0.4) is 0 Å². The van der Waals surface area contributed by atoms with Gasteiger partial charge in [-0.1, -0.05) is 5.16 Å². The topological polar surface area (TPSA) is 97.4 Å². The highest BCUT2D eigenvalue weighted by Gasteiger charge is 2.28. The van der Waals surface area contributed by atoms with E-state index in [0.29, 0.717) is 43.1 Å². The molecule has 1 fully saturated rings. The third-order valence-electron chi connectivity index (χ3n) is 5.76. The van der Waals surface area contributed by atoms with Crippen molar-refractivity contribution in [1.29, 1.82) is 0 Å². The standard InChI is InChI=1S/C21H26N6O3/c1-12-10-17(19-14(3)23-25(5)20(19)22-12)21(29)27-8-6-26(7-9-27)18(28)11-16-13(2)24-30-15(16)4/h10H,6-9,11H2,1-5H3. The van der Waals surface area contributed by atoms with E-state index in [1.165, 1.54) is 0 Å². The molecule has 3 aromatic rings. The second kappa shape index (κ2) is 7.55. The van der Waals surface area contributed by atoms with Crippen LogP contribution >= 0.6 is 0 Å². The summed E-state index contributed by atoms with van der Waals surface area (Å²) in [7, 11) is 1.83. The van der Waals surface area contributed by atoms with Gasteiger partial charge in [0.1, 0.15) is 5.76 Å². The Balaban J connectivity index is 1.48. The molecule has 0 atom stereocenters. The summed E-state index contributed by atoms with van der Waals surface area (Å²) in [6.45, 7) is 9.43. The molecule has 9 heteroatoms. The SMILES string of the molecule is Cc1cc(C(=O)N2CCN(C(=O)Cc3c(C)noc3C)CC2)c2c(C)nn(C)c2n1. The number of nitrogens with zero attached hydrogens (tertiary/aromatic N) is 6. The molecule has 0 N–H and O–H groups in total. The number of aromatic nitrogens is 4. The highest BCUT2D eigenvalue weighted by atomic mass is 16.5. The summed E-state index contributed by atoms with van der Waals surface area (Å²) in [5.41, 5.74) is 4.50. The molecule has 0 unspecified atom stereocenters. The quantitative estimate of drug-likeness (QED) is 0.652. The first-order valence-electron chi connectivity index (χ1n) is 10.1. The summed E-state index contributed by atoms with van der Waals surface area (Å²) in [4.78, 5) is 34.1. The normalized spacial score (nSPS) is 14.6. The van der Waals surface area contributed by atoms with Crippen molar-refractivity contribution in [3.63, 3.8) is 0 Å². The van der Waals surface area contributed by atoms with Crippen LogP contribution in [0.4, 0.5) is 0 Å². The third-order valence-corrected chi connectivity index (χ3v) is 5.76. The Morgan fingerprint density at radius 1 is 1.03 bits per heavy atom. The molecule has 0 aliphatic carbocycles. The molecule has 4 rings (SSSR count). The molecular formula is C21H26N6O3. The Hall–Kier alpha value is -3.23. The fourth-order valence-corrected chi connectivity index (χ4v) is 4.09. The molecule has 1 aliphatic heterocycles. The lowest BCUT2D eigenvalue weighted by Crippen LogP contribution is -2.51. The third kappa shape index (κ3) is 3.44. The maximum atomic E-state index is 13.3. The molecule has 158 valence electrons. The predicted molar refractivity (Wildman–Crippen MR) is 110 cm³/mol. The number of hydrogen-bond acceptors (Lipinski definition) is 6. The predicted octanol–water partition coefficient (Wildman–Crippen LogP) is 1.72. The maximum absolute atomic E-state index is 13.3. The fraction of sp³-hybridized carbons (Fsp3) is 0.476. The van der Waals surface area contributed by atoms with Crippen LogP contribution in [-0.2, 0) is 18.3 Å². The smallest absolute Gasteiger partial charge is 0.254 e. The molecule has 3 aromatic heterocycles. The molecule has 4 heterocycles. The number of pyridine rings is 1. The molecule has 0 saturated carbocycles. The van der Waals surface area contributed by atoms with Crippen LogP contribution in [0.15, 0.2) is 10.6 Å². The number of carbonyl (C=O) groups excluding carboxylic acids is 2. The molecule has 30 heavy (non-hydrogen) atoms. The molecule has 0 spiro atoms. The van der Waals surface area contributed by atoms with Gasteiger partial charge in [0.25, 0.3) is 5.91 Å². The summed E-state index contributed by atoms with van der Waals surface area (Å²) < 4.78 is 6.86. The zero-order valence-electron chi connectivity index (χ0n) is 18.0. The van der Waals surface area contributed by atoms with Gasteiger partial charge in [-0.3, -0.25) is 14.3 Å². The van der Waals surface area contributed by atoms with Crippen molar-refractivity contribution in [3.8, 4) is 0 Å². The minimum Gasteiger partial charge on any atom is -0.361 e. The van der Waals surface area contributed by atoms with Crippen molar-refractivity contribution in [2.45, 2.75) is 34.1 Å². The average Bonchev–Trinajstić information content (AvgIpc) is 3.19. The van der Waals surface area contributed by atoms with E-state index in [-0.39, 0.29) is 18.2 Å². The number of hydrogen-bond donors (Lipinski definition) is 0. The first-order chi connectivity index (χ1) is 14.3. The van der Waals surface area contributed by atoms with E-state index in [1.54, 1.807) is 14.5 Å². The van der Waals surface area contributed by atoms with Crippen LogP contribution in [0.25, 0.3) is 11.0 Å². The van der Waals surface area contributed by atoms with Crippen LogP contribution in [-0.4, -0.2) is 67.7 Å². The monoisotopic (exact) mass is 410 g/mol. The molecule has 0 radical (unpaired) electrons. The van der Waals surface area contributed by atoms with Crippen LogP contribution in [0.2, 0.25) is 0 Å². The first-order valence-corrected chi connectivity index (χ1v) is 10.1. The molecule has 2 amide bonds. The highest BCUT2D eigenvalue weighted by Crippen LogP contribution is 2.23. The summed E-state index contributed by atoms with van der Waals surface area (Å²) >= 11 is 0. The lowest BCUT2D eigenvalue weighted by atomic mass is 10.1. The lowest BCUT2D eigenvalue weighted by Gasteiger charge is -2.35. The van der Waals surface area contributed by atoms with E-state index >= 15 is 0 Å². The summed E-state index contributed by atoms with van der Waals surface area (Å²) in [6.07, 6.45) is 0.272. The molecule has 0 aromatic carbocycles. The number of rotatable bonds is 3. The molecule has 0 bridgehead atoms. The fourth-order valence-electron chi connectivity index (χ4n) is 4.09. The lowest BCUT2D eigenvalue weighted by molar-refractivity contribution is -0.131. The Bertz CT molecular complexity index is 1120. The van der Waals surface area contributed by atoms with Crippen molar-refractivity contribution < 1.29 is 14.1 Å². The van der Waals surface area contributed by atoms with Gasteiger partial charge in [-0.15, -0.1) is 0 Å². The molecule has 1 saturated heterocycles. The van der Waals surface area contributed by atoms with Gasteiger partial charge in [0.05, 0.1) is 28.8 Å². The zero-order valence-corrected chi connectivity index (χ0v) is 18.0. The summed E-state index contributed by atoms with van der Waals surface area (Å²) in [6, 6.07) is 1.83. The Morgan fingerprint density at radius 2 is 1.70 bits per heavy atom. The number of aryl methyl sites for hydroxylation is 5. The van der Waals surface area contributed by atoms with E-state index in [9.17, 15) is 9.59 Å². The van der Waals surface area contributed by atoms with Gasteiger partial charge in [0.15, 0.2) is 5.65 Å². The van der Waals surface area contributed by atoms with Crippen molar-refractivity contribution in [2.75, 3.05) is 26.2 Å². The van der Waals surface area contributed by atoms with Gasteiger partial charge in [0.2, 0.25) is 5.91 Å². The van der Waals surface area contributed by atoms with Crippen LogP contribution in [0.1, 0.15) is 38.8 Å². The number of amides is 2. The molecular weight excluding hydrogens is 384 g/mol. The van der Waals surface area contributed by atoms with E-state index in [4.69, 9.17) is 4.52 Å². The minimum absolute atomic E-state index is 0.0294. The highest BCUT2D eigenvalue weighted by molar-refractivity contribution is 6.06. The van der Waals surface area contributed by atoms with Crippen molar-refractivity contribution in [1.82, 2.24) is 29.7 Å². The van der Waals surface area contributed by atoms with Gasteiger partial charge >= 0.3 is 0 Å². The summed E-state index contributed by atoms with van der Waals surface area (Å²) in [5.74, 6) is 0.666. The van der Waals surface area contributed by atoms with Gasteiger partial charge < -0.3 is 14.3 Å². The molecule has 1 aliphatic rings. The Labute approximate surface area is 174 Å². The van der Waals surface area contributed by atoms with Crippen molar-refractivity contribution in [3.05, 3.63) is 40.0 Å². The molecule has 9 nitrogen and oxygen atoms in total. The van der Waals surface area contributed by atoms with Gasteiger partial charge in [-0.25, -0.2) is 4.98 Å². The van der Waals surface area contributed by atoms with E-state index in [0.717, 1.165) is 28.0 Å². The van der Waals surface area contributed by atoms with Crippen molar-refractivity contribution >= 4 is 22.8 Å². The Kier molecular flexibility index (Phi) is 5.05. The second-order valence-corrected chi connectivity index (χ2v) is 7.87. The summed E-state index contributed by atoms with van der Waals surface area (Å²) in [5, 5.41) is 9.13. The average molecular weight is 410 g/mol. The van der Waals surface area contributed by atoms with Crippen LogP contribution < -0.4 is 0 Å². The van der Waals surface area contributed by atoms with Gasteiger partial charge in [0, 0.05) is 44.5 Å². The largest absolute Gasteiger partial charge is 0.361 e. The van der Waals surface area contributed by atoms with E-state index in [2.05, 4.69) is 15.2 Å². The number of carbonyl (C=O) groups is 2. The first kappa shape index (κ1) is 20.1. The maximum Gasteiger partial charge on any atom is 0.254 e. The number of piperazine rings is 1. The Morgan fingerprint density at radius 3 is 2.33 bits per heavy atom. The van der Waals surface area contributed by atoms with E-state index < -0.39 is 0 Å². The van der Waals surface area contributed by atoms with E-state index in [1.807, 2.05) is 40.8 Å². The van der Waals surface area contributed by atoms with Crippen LogP contribution in [0, 0.1) is 27.7 Å². The van der Waals surface area contributed by atoms with Crippen molar-refractivity contribution in [2.24, 2.45) is 7.05 Å². The zero-order chi connectivity index (χ0) is 21.6.